The molecule has 0 amide bonds. The van der Waals surface area contributed by atoms with Crippen molar-refractivity contribution in [1.29, 1.82) is 0 Å². The lowest BCUT2D eigenvalue weighted by Gasteiger charge is -2.05. The molecule has 82 valence electrons. The fourth-order valence-electron chi connectivity index (χ4n) is 1.30. The fraction of sp³-hybridized carbons (Fsp3) is 0.0909. The van der Waals surface area contributed by atoms with Gasteiger partial charge in [-0.3, -0.25) is 0 Å². The van der Waals surface area contributed by atoms with Crippen LogP contribution in [0.25, 0.3) is 11.3 Å². The first kappa shape index (κ1) is 11.2. The molecule has 3 nitrogen and oxygen atoms in total. The first-order valence-electron chi connectivity index (χ1n) is 4.52. The van der Waals surface area contributed by atoms with E-state index in [1.165, 1.54) is 6.33 Å². The van der Waals surface area contributed by atoms with Gasteiger partial charge in [0, 0.05) is 16.7 Å². The van der Waals surface area contributed by atoms with Gasteiger partial charge in [0.05, 0.1) is 17.8 Å². The van der Waals surface area contributed by atoms with Crippen molar-refractivity contribution >= 4 is 23.2 Å². The lowest BCUT2D eigenvalue weighted by atomic mass is 10.1. The summed E-state index contributed by atoms with van der Waals surface area (Å²) in [5.74, 6) is 0.496. The number of ether oxygens (including phenoxy) is 1. The van der Waals surface area contributed by atoms with Crippen LogP contribution in [0.2, 0.25) is 10.0 Å². The number of hydrogen-bond acceptors (Lipinski definition) is 3. The summed E-state index contributed by atoms with van der Waals surface area (Å²) in [6.45, 7) is 0. The van der Waals surface area contributed by atoms with E-state index in [2.05, 4.69) is 9.97 Å². The third-order valence-electron chi connectivity index (χ3n) is 2.06. The maximum absolute atomic E-state index is 6.07. The molecule has 0 unspecified atom stereocenters. The number of rotatable bonds is 2. The molecule has 2 aromatic rings. The second kappa shape index (κ2) is 4.68. The van der Waals surface area contributed by atoms with E-state index in [1.54, 1.807) is 25.3 Å². The van der Waals surface area contributed by atoms with E-state index in [9.17, 15) is 0 Å². The van der Waals surface area contributed by atoms with Crippen LogP contribution in [0.3, 0.4) is 0 Å². The van der Waals surface area contributed by atoms with Crippen molar-refractivity contribution in [3.05, 3.63) is 40.6 Å². The second-order valence-corrected chi connectivity index (χ2v) is 3.91. The molecule has 0 aliphatic rings. The number of methoxy groups -OCH3 is 1. The van der Waals surface area contributed by atoms with Gasteiger partial charge in [0.15, 0.2) is 0 Å². The van der Waals surface area contributed by atoms with E-state index in [0.717, 1.165) is 5.56 Å². The first-order valence-corrected chi connectivity index (χ1v) is 5.28. The van der Waals surface area contributed by atoms with E-state index in [-0.39, 0.29) is 0 Å². The van der Waals surface area contributed by atoms with Crippen molar-refractivity contribution in [2.45, 2.75) is 0 Å². The van der Waals surface area contributed by atoms with Crippen LogP contribution in [0.15, 0.2) is 30.6 Å². The number of benzene rings is 1. The van der Waals surface area contributed by atoms with Crippen LogP contribution in [-0.2, 0) is 0 Å². The summed E-state index contributed by atoms with van der Waals surface area (Å²) in [7, 11) is 1.55. The van der Waals surface area contributed by atoms with Crippen LogP contribution in [0.1, 0.15) is 0 Å². The van der Waals surface area contributed by atoms with E-state index in [0.29, 0.717) is 21.6 Å². The zero-order valence-corrected chi connectivity index (χ0v) is 9.96. The molecule has 0 spiro atoms. The zero-order valence-electron chi connectivity index (χ0n) is 8.45. The summed E-state index contributed by atoms with van der Waals surface area (Å²) in [4.78, 5) is 8.06. The van der Waals surface area contributed by atoms with E-state index >= 15 is 0 Å². The molecule has 0 saturated heterocycles. The molecule has 2 rings (SSSR count). The monoisotopic (exact) mass is 254 g/mol. The molecule has 1 aromatic carbocycles. The van der Waals surface area contributed by atoms with Crippen LogP contribution in [0.4, 0.5) is 0 Å². The summed E-state index contributed by atoms with van der Waals surface area (Å²) in [6, 6.07) is 6.96. The Morgan fingerprint density at radius 2 is 1.94 bits per heavy atom. The van der Waals surface area contributed by atoms with Crippen LogP contribution >= 0.6 is 23.2 Å². The summed E-state index contributed by atoms with van der Waals surface area (Å²) in [5, 5.41) is 1.14. The maximum atomic E-state index is 6.07. The van der Waals surface area contributed by atoms with Gasteiger partial charge in [0.2, 0.25) is 5.88 Å². The normalized spacial score (nSPS) is 10.2. The van der Waals surface area contributed by atoms with Crippen LogP contribution < -0.4 is 4.74 Å². The molecule has 1 heterocycles. The molecule has 0 atom stereocenters. The summed E-state index contributed by atoms with van der Waals surface area (Å²) >= 11 is 11.9. The van der Waals surface area contributed by atoms with Crippen molar-refractivity contribution < 1.29 is 4.74 Å². The predicted octanol–water partition coefficient (Wildman–Crippen LogP) is 3.46. The standard InChI is InChI=1S/C11H8Cl2N2O/c1-16-11-5-10(14-6-15-11)8-3-2-7(12)4-9(8)13/h2-6H,1H3. The summed E-state index contributed by atoms with van der Waals surface area (Å²) < 4.78 is 5.02. The van der Waals surface area contributed by atoms with Gasteiger partial charge in [0.1, 0.15) is 6.33 Å². The van der Waals surface area contributed by atoms with Crippen LogP contribution in [-0.4, -0.2) is 17.1 Å². The van der Waals surface area contributed by atoms with Gasteiger partial charge in [-0.1, -0.05) is 23.2 Å². The number of nitrogens with zero attached hydrogens (tertiary/aromatic N) is 2. The Labute approximate surface area is 103 Å². The molecular weight excluding hydrogens is 247 g/mol. The average Bonchev–Trinajstić information content (AvgIpc) is 2.29. The second-order valence-electron chi connectivity index (χ2n) is 3.07. The average molecular weight is 255 g/mol. The molecule has 1 aromatic heterocycles. The van der Waals surface area contributed by atoms with Crippen LogP contribution in [0, 0.1) is 0 Å². The Morgan fingerprint density at radius 3 is 2.62 bits per heavy atom. The third kappa shape index (κ3) is 2.26. The Kier molecular flexibility index (Phi) is 3.27. The summed E-state index contributed by atoms with van der Waals surface area (Å²) in [5.41, 5.74) is 1.50. The van der Waals surface area contributed by atoms with Crippen molar-refractivity contribution in [3.8, 4) is 17.1 Å². The van der Waals surface area contributed by atoms with Crippen molar-refractivity contribution in [2.24, 2.45) is 0 Å². The smallest absolute Gasteiger partial charge is 0.216 e. The number of hydrogen-bond donors (Lipinski definition) is 0. The topological polar surface area (TPSA) is 35.0 Å². The van der Waals surface area contributed by atoms with Gasteiger partial charge >= 0.3 is 0 Å². The molecule has 16 heavy (non-hydrogen) atoms. The highest BCUT2D eigenvalue weighted by molar-refractivity contribution is 6.36. The molecule has 0 N–H and O–H groups in total. The molecule has 5 heteroatoms. The molecule has 0 saturated carbocycles. The largest absolute Gasteiger partial charge is 0.481 e. The highest BCUT2D eigenvalue weighted by Crippen LogP contribution is 2.29. The molecule has 0 aliphatic carbocycles. The number of halogens is 2. The van der Waals surface area contributed by atoms with E-state index < -0.39 is 0 Å². The Balaban J connectivity index is 2.49. The highest BCUT2D eigenvalue weighted by Gasteiger charge is 2.06. The molecule has 0 radical (unpaired) electrons. The van der Waals surface area contributed by atoms with Crippen LogP contribution in [0.5, 0.6) is 5.88 Å². The SMILES string of the molecule is COc1cc(-c2ccc(Cl)cc2Cl)ncn1. The molecule has 0 fully saturated rings. The summed E-state index contributed by atoms with van der Waals surface area (Å²) in [6.07, 6.45) is 1.43. The van der Waals surface area contributed by atoms with Gasteiger partial charge in [-0.15, -0.1) is 0 Å². The number of aromatic nitrogens is 2. The fourth-order valence-corrected chi connectivity index (χ4v) is 1.80. The highest BCUT2D eigenvalue weighted by atomic mass is 35.5. The van der Waals surface area contributed by atoms with Gasteiger partial charge < -0.3 is 4.74 Å². The van der Waals surface area contributed by atoms with E-state index in [4.69, 9.17) is 27.9 Å². The first-order chi connectivity index (χ1) is 7.70. The van der Waals surface area contributed by atoms with Gasteiger partial charge in [-0.2, -0.15) is 0 Å². The predicted molar refractivity (Wildman–Crippen MR) is 64.0 cm³/mol. The quantitative estimate of drug-likeness (QED) is 0.824. The van der Waals surface area contributed by atoms with Gasteiger partial charge in [-0.25, -0.2) is 9.97 Å². The molecular formula is C11H8Cl2N2O. The minimum absolute atomic E-state index is 0.496. The Bertz CT molecular complexity index is 517. The lowest BCUT2D eigenvalue weighted by molar-refractivity contribution is 0.397. The molecule has 0 aliphatic heterocycles. The Hall–Kier alpha value is -1.32. The molecule has 0 bridgehead atoms. The third-order valence-corrected chi connectivity index (χ3v) is 2.61. The minimum atomic E-state index is 0.496. The van der Waals surface area contributed by atoms with Crippen molar-refractivity contribution in [2.75, 3.05) is 7.11 Å². The Morgan fingerprint density at radius 1 is 1.12 bits per heavy atom. The van der Waals surface area contributed by atoms with Gasteiger partial charge in [0.25, 0.3) is 0 Å². The van der Waals surface area contributed by atoms with Crippen molar-refractivity contribution in [3.63, 3.8) is 0 Å². The van der Waals surface area contributed by atoms with Crippen molar-refractivity contribution in [1.82, 2.24) is 9.97 Å². The van der Waals surface area contributed by atoms with E-state index in [1.807, 2.05) is 6.07 Å². The van der Waals surface area contributed by atoms with Gasteiger partial charge in [-0.05, 0) is 18.2 Å². The maximum Gasteiger partial charge on any atom is 0.216 e. The minimum Gasteiger partial charge on any atom is -0.481 e. The lowest BCUT2D eigenvalue weighted by Crippen LogP contribution is -1.91. The zero-order chi connectivity index (χ0) is 11.5.